The van der Waals surface area contributed by atoms with Gasteiger partial charge in [-0.05, 0) is 95.0 Å². The smallest absolute Gasteiger partial charge is 0.0972 e. The summed E-state index contributed by atoms with van der Waals surface area (Å²) in [5.41, 5.74) is 14.1. The third kappa shape index (κ3) is 3.32. The van der Waals surface area contributed by atoms with Crippen LogP contribution in [-0.4, -0.2) is 9.97 Å². The van der Waals surface area contributed by atoms with Crippen LogP contribution >= 0.6 is 0 Å². The first kappa shape index (κ1) is 27.2. The highest BCUT2D eigenvalue weighted by Gasteiger charge is 2.53. The highest BCUT2D eigenvalue weighted by molar-refractivity contribution is 6.24. The minimum Gasteiger partial charge on any atom is -0.254 e. The molecule has 0 fully saturated rings. The zero-order chi connectivity index (χ0) is 33.3. The van der Waals surface area contributed by atoms with Crippen LogP contribution in [0.2, 0.25) is 0 Å². The van der Waals surface area contributed by atoms with Crippen LogP contribution in [0.5, 0.6) is 0 Å². The molecule has 0 aliphatic heterocycles. The summed E-state index contributed by atoms with van der Waals surface area (Å²) < 4.78 is 0. The van der Waals surface area contributed by atoms with Gasteiger partial charge >= 0.3 is 0 Å². The Bertz CT molecular complexity index is 3110. The van der Waals surface area contributed by atoms with Gasteiger partial charge in [0.25, 0.3) is 0 Å². The predicted octanol–water partition coefficient (Wildman–Crippen LogP) is 12.3. The van der Waals surface area contributed by atoms with Gasteiger partial charge in [0.1, 0.15) is 0 Å². The lowest BCUT2D eigenvalue weighted by Crippen LogP contribution is -2.26. The maximum Gasteiger partial charge on any atom is 0.0972 e. The number of pyridine rings is 2. The molecule has 8 aromatic carbocycles. The fraction of sp³-hybridized carbons (Fsp3) is 0.0204. The molecule has 0 amide bonds. The molecule has 0 saturated heterocycles. The molecule has 2 nitrogen and oxygen atoms in total. The van der Waals surface area contributed by atoms with Crippen molar-refractivity contribution in [3.63, 3.8) is 0 Å². The van der Waals surface area contributed by atoms with Gasteiger partial charge in [0.15, 0.2) is 0 Å². The summed E-state index contributed by atoms with van der Waals surface area (Å²) >= 11 is 0. The maximum atomic E-state index is 5.44. The zero-order valence-electron chi connectivity index (χ0n) is 27.6. The molecule has 0 bridgehead atoms. The van der Waals surface area contributed by atoms with Crippen molar-refractivity contribution in [3.05, 3.63) is 192 Å². The van der Waals surface area contributed by atoms with Crippen molar-refractivity contribution in [1.82, 2.24) is 9.97 Å². The van der Waals surface area contributed by atoms with E-state index in [1.807, 2.05) is 12.3 Å². The van der Waals surface area contributed by atoms with Gasteiger partial charge in [-0.15, -0.1) is 0 Å². The molecule has 2 aliphatic carbocycles. The predicted molar refractivity (Wildman–Crippen MR) is 211 cm³/mol. The number of hydrogen-bond donors (Lipinski definition) is 0. The summed E-state index contributed by atoms with van der Waals surface area (Å²) in [5.74, 6) is 0. The minimum absolute atomic E-state index is 0.522. The maximum absolute atomic E-state index is 5.44. The Kier molecular flexibility index (Phi) is 5.20. The number of nitrogens with zero attached hydrogens (tertiary/aromatic N) is 2. The first-order valence-corrected chi connectivity index (χ1v) is 17.7. The summed E-state index contributed by atoms with van der Waals surface area (Å²) in [6.45, 7) is 0. The molecule has 1 spiro atoms. The number of aromatic nitrogens is 2. The summed E-state index contributed by atoms with van der Waals surface area (Å²) in [7, 11) is 0. The van der Waals surface area contributed by atoms with Gasteiger partial charge in [-0.2, -0.15) is 0 Å². The minimum atomic E-state index is -0.522. The Hall–Kier alpha value is -6.64. The van der Waals surface area contributed by atoms with E-state index in [-0.39, 0.29) is 0 Å². The van der Waals surface area contributed by atoms with E-state index >= 15 is 0 Å². The van der Waals surface area contributed by atoms with Crippen molar-refractivity contribution in [3.8, 4) is 33.5 Å². The Morgan fingerprint density at radius 1 is 0.373 bits per heavy atom. The fourth-order valence-corrected chi connectivity index (χ4v) is 9.75. The molecule has 0 unspecified atom stereocenters. The van der Waals surface area contributed by atoms with Crippen LogP contribution in [0.15, 0.2) is 170 Å². The quantitative estimate of drug-likeness (QED) is 0.166. The largest absolute Gasteiger partial charge is 0.254 e. The number of fused-ring (bicyclic) bond motifs is 20. The van der Waals surface area contributed by atoms with E-state index in [2.05, 4.69) is 158 Å². The number of hydrogen-bond acceptors (Lipinski definition) is 2. The lowest BCUT2D eigenvalue weighted by Gasteiger charge is -2.32. The van der Waals surface area contributed by atoms with E-state index in [0.717, 1.165) is 33.1 Å². The topological polar surface area (TPSA) is 25.8 Å². The van der Waals surface area contributed by atoms with Gasteiger partial charge in [0.2, 0.25) is 0 Å². The van der Waals surface area contributed by atoms with Crippen molar-refractivity contribution in [2.24, 2.45) is 0 Å². The second kappa shape index (κ2) is 9.74. The van der Waals surface area contributed by atoms with Crippen LogP contribution in [-0.2, 0) is 5.41 Å². The summed E-state index contributed by atoms with van der Waals surface area (Å²) in [6, 6.07) is 60.5. The highest BCUT2D eigenvalue weighted by Crippen LogP contribution is 2.66. The van der Waals surface area contributed by atoms with Crippen LogP contribution < -0.4 is 0 Å². The Morgan fingerprint density at radius 3 is 1.65 bits per heavy atom. The van der Waals surface area contributed by atoms with Crippen LogP contribution in [0.4, 0.5) is 0 Å². The molecular weight excluding hydrogens is 617 g/mol. The number of benzene rings is 8. The van der Waals surface area contributed by atoms with E-state index in [4.69, 9.17) is 9.97 Å². The first-order valence-electron chi connectivity index (χ1n) is 17.7. The molecule has 51 heavy (non-hydrogen) atoms. The second-order valence-electron chi connectivity index (χ2n) is 14.0. The highest BCUT2D eigenvalue weighted by atomic mass is 14.8. The molecule has 234 valence electrons. The normalized spacial score (nSPS) is 13.6. The zero-order valence-corrected chi connectivity index (χ0v) is 27.6. The van der Waals surface area contributed by atoms with Gasteiger partial charge < -0.3 is 0 Å². The molecule has 2 aliphatic rings. The van der Waals surface area contributed by atoms with Crippen molar-refractivity contribution in [2.75, 3.05) is 0 Å². The molecule has 2 heteroatoms. The van der Waals surface area contributed by atoms with E-state index in [1.54, 1.807) is 0 Å². The first-order chi connectivity index (χ1) is 25.3. The van der Waals surface area contributed by atoms with Gasteiger partial charge in [-0.25, -0.2) is 4.98 Å². The SMILES string of the molecule is c1ccc2c(c1)-c1ccccc1C21c2cc(-c3ccc4ccc5cccnc5c4n3)c3ccccc3c2-c2c1c1ccccc1c1ccccc21. The van der Waals surface area contributed by atoms with E-state index < -0.39 is 5.41 Å². The van der Waals surface area contributed by atoms with Crippen LogP contribution in [0.25, 0.3) is 87.6 Å². The van der Waals surface area contributed by atoms with Crippen molar-refractivity contribution < 1.29 is 0 Å². The van der Waals surface area contributed by atoms with Gasteiger partial charge in [0, 0.05) is 22.5 Å². The summed E-state index contributed by atoms with van der Waals surface area (Å²) in [5, 5.41) is 9.83. The average Bonchev–Trinajstić information content (AvgIpc) is 3.68. The lowest BCUT2D eigenvalue weighted by molar-refractivity contribution is 0.803. The third-order valence-corrected chi connectivity index (χ3v) is 11.7. The van der Waals surface area contributed by atoms with Crippen LogP contribution in [0, 0.1) is 0 Å². The van der Waals surface area contributed by atoms with Gasteiger partial charge in [-0.3, -0.25) is 4.98 Å². The summed E-state index contributed by atoms with van der Waals surface area (Å²) in [6.07, 6.45) is 1.87. The lowest BCUT2D eigenvalue weighted by atomic mass is 9.68. The van der Waals surface area contributed by atoms with Crippen molar-refractivity contribution in [1.29, 1.82) is 0 Å². The molecule has 2 heterocycles. The third-order valence-electron chi connectivity index (χ3n) is 11.7. The fourth-order valence-electron chi connectivity index (χ4n) is 9.75. The Labute approximate surface area is 294 Å². The molecule has 0 saturated carbocycles. The molecule has 0 radical (unpaired) electrons. The molecule has 0 N–H and O–H groups in total. The average molecular weight is 645 g/mol. The standard InChI is InChI=1S/C49H28N2/c1-5-19-37-31(13-1)32-14-3-6-20-38(32)46-45(37)44-36-18-4-2-15-33(36)39(43-26-25-30-24-23-29-12-11-27-50-47(29)48(30)51-43)28-42(44)49(46)40-21-9-7-16-34(40)35-17-8-10-22-41(35)49/h1-28H. The van der Waals surface area contributed by atoms with Crippen LogP contribution in [0.3, 0.4) is 0 Å². The molecule has 2 aromatic heterocycles. The van der Waals surface area contributed by atoms with E-state index in [0.29, 0.717) is 0 Å². The Balaban J connectivity index is 1.32. The second-order valence-corrected chi connectivity index (χ2v) is 14.0. The van der Waals surface area contributed by atoms with Crippen LogP contribution in [0.1, 0.15) is 22.3 Å². The van der Waals surface area contributed by atoms with Crippen molar-refractivity contribution >= 4 is 54.1 Å². The summed E-state index contributed by atoms with van der Waals surface area (Å²) in [4.78, 5) is 10.2. The monoisotopic (exact) mass is 644 g/mol. The number of rotatable bonds is 1. The van der Waals surface area contributed by atoms with E-state index in [9.17, 15) is 0 Å². The van der Waals surface area contributed by atoms with E-state index in [1.165, 1.54) is 76.8 Å². The molecule has 12 rings (SSSR count). The molecular formula is C49H28N2. The van der Waals surface area contributed by atoms with Gasteiger partial charge in [0.05, 0.1) is 22.1 Å². The van der Waals surface area contributed by atoms with Gasteiger partial charge in [-0.1, -0.05) is 146 Å². The Morgan fingerprint density at radius 2 is 0.922 bits per heavy atom. The van der Waals surface area contributed by atoms with Crippen molar-refractivity contribution in [2.45, 2.75) is 5.41 Å². The molecule has 0 atom stereocenters. The molecule has 10 aromatic rings.